The van der Waals surface area contributed by atoms with Crippen molar-refractivity contribution in [1.29, 1.82) is 0 Å². The standard InChI is InChI=1S/C10H14N2O2S2/c1-3-5-9(4-2)12-16(13,14)10-6-8(11)7-15-10/h1,6-7,9,12H,4-5,11H2,2H3. The lowest BCUT2D eigenvalue weighted by atomic mass is 10.2. The van der Waals surface area contributed by atoms with Crippen LogP contribution in [0, 0.1) is 12.3 Å². The van der Waals surface area contributed by atoms with E-state index in [0.717, 1.165) is 11.3 Å². The average molecular weight is 258 g/mol. The topological polar surface area (TPSA) is 72.2 Å². The van der Waals surface area contributed by atoms with Crippen LogP contribution >= 0.6 is 11.3 Å². The molecule has 0 aliphatic heterocycles. The van der Waals surface area contributed by atoms with Gasteiger partial charge in [-0.05, 0) is 12.5 Å². The number of sulfonamides is 1. The first-order chi connectivity index (χ1) is 7.49. The average Bonchev–Trinajstić information content (AvgIpc) is 2.64. The molecule has 0 saturated carbocycles. The summed E-state index contributed by atoms with van der Waals surface area (Å²) in [5.74, 6) is 2.45. The van der Waals surface area contributed by atoms with Gasteiger partial charge in [-0.3, -0.25) is 0 Å². The maximum atomic E-state index is 11.9. The third-order valence-corrected chi connectivity index (χ3v) is 5.02. The molecule has 0 aliphatic rings. The molecular formula is C10H14N2O2S2. The fourth-order valence-electron chi connectivity index (χ4n) is 1.16. The van der Waals surface area contributed by atoms with Crippen LogP contribution in [0.1, 0.15) is 19.8 Å². The van der Waals surface area contributed by atoms with Crippen LogP contribution in [0.25, 0.3) is 0 Å². The Balaban J connectivity index is 2.83. The summed E-state index contributed by atoms with van der Waals surface area (Å²) in [6, 6.07) is 1.22. The largest absolute Gasteiger partial charge is 0.398 e. The zero-order valence-corrected chi connectivity index (χ0v) is 10.6. The molecule has 88 valence electrons. The van der Waals surface area contributed by atoms with Crippen molar-refractivity contribution < 1.29 is 8.42 Å². The number of nitrogens with two attached hydrogens (primary N) is 1. The molecule has 0 aromatic carbocycles. The highest BCUT2D eigenvalue weighted by atomic mass is 32.2. The maximum absolute atomic E-state index is 11.9. The van der Waals surface area contributed by atoms with Crippen molar-refractivity contribution in [2.45, 2.75) is 30.0 Å². The highest BCUT2D eigenvalue weighted by Gasteiger charge is 2.19. The zero-order chi connectivity index (χ0) is 12.2. The van der Waals surface area contributed by atoms with E-state index >= 15 is 0 Å². The van der Waals surface area contributed by atoms with Crippen molar-refractivity contribution in [2.75, 3.05) is 5.73 Å². The highest BCUT2D eigenvalue weighted by molar-refractivity contribution is 7.91. The van der Waals surface area contributed by atoms with E-state index in [0.29, 0.717) is 18.5 Å². The van der Waals surface area contributed by atoms with Crippen molar-refractivity contribution in [2.24, 2.45) is 0 Å². The molecule has 6 heteroatoms. The summed E-state index contributed by atoms with van der Waals surface area (Å²) in [6.07, 6.45) is 6.21. The fourth-order valence-corrected chi connectivity index (χ4v) is 3.58. The van der Waals surface area contributed by atoms with E-state index in [-0.39, 0.29) is 10.3 Å². The van der Waals surface area contributed by atoms with Gasteiger partial charge in [0.25, 0.3) is 0 Å². The summed E-state index contributed by atoms with van der Waals surface area (Å²) in [5.41, 5.74) is 5.94. The van der Waals surface area contributed by atoms with Gasteiger partial charge in [0.05, 0.1) is 0 Å². The Morgan fingerprint density at radius 3 is 2.81 bits per heavy atom. The van der Waals surface area contributed by atoms with Gasteiger partial charge in [-0.25, -0.2) is 13.1 Å². The van der Waals surface area contributed by atoms with Gasteiger partial charge >= 0.3 is 0 Å². The summed E-state index contributed by atoms with van der Waals surface area (Å²) in [7, 11) is -3.48. The molecule has 0 bridgehead atoms. The highest BCUT2D eigenvalue weighted by Crippen LogP contribution is 2.21. The van der Waals surface area contributed by atoms with Gasteiger partial charge in [-0.2, -0.15) is 0 Å². The normalized spacial score (nSPS) is 13.2. The number of thiophene rings is 1. The molecule has 0 aliphatic carbocycles. The van der Waals surface area contributed by atoms with Crippen LogP contribution in [0.4, 0.5) is 5.69 Å². The van der Waals surface area contributed by atoms with Gasteiger partial charge in [-0.15, -0.1) is 23.7 Å². The summed E-state index contributed by atoms with van der Waals surface area (Å²) in [5, 5.41) is 1.59. The van der Waals surface area contributed by atoms with E-state index in [4.69, 9.17) is 12.2 Å². The Bertz CT molecular complexity index is 485. The second kappa shape index (κ2) is 5.34. The SMILES string of the molecule is C#CCC(CC)NS(=O)(=O)c1cc(N)cs1. The second-order valence-corrected chi connectivity index (χ2v) is 6.19. The van der Waals surface area contributed by atoms with Gasteiger partial charge < -0.3 is 5.73 Å². The van der Waals surface area contributed by atoms with Crippen molar-refractivity contribution in [1.82, 2.24) is 4.72 Å². The van der Waals surface area contributed by atoms with Crippen molar-refractivity contribution in [3.8, 4) is 12.3 Å². The predicted octanol–water partition coefficient (Wildman–Crippen LogP) is 1.41. The second-order valence-electron chi connectivity index (χ2n) is 3.33. The minimum Gasteiger partial charge on any atom is -0.398 e. The zero-order valence-electron chi connectivity index (χ0n) is 8.93. The van der Waals surface area contributed by atoms with Crippen LogP contribution < -0.4 is 10.5 Å². The molecule has 1 aromatic rings. The number of nitrogens with one attached hydrogen (secondary N) is 1. The Labute approximate surface area is 99.9 Å². The van der Waals surface area contributed by atoms with Gasteiger partial charge in [0.15, 0.2) is 0 Å². The van der Waals surface area contributed by atoms with Gasteiger partial charge in [0.2, 0.25) is 10.0 Å². The Morgan fingerprint density at radius 2 is 2.38 bits per heavy atom. The lowest BCUT2D eigenvalue weighted by molar-refractivity contribution is 0.546. The van der Waals surface area contributed by atoms with Crippen LogP contribution in [-0.4, -0.2) is 14.5 Å². The monoisotopic (exact) mass is 258 g/mol. The molecule has 1 heterocycles. The summed E-state index contributed by atoms with van der Waals surface area (Å²) >= 11 is 1.10. The first-order valence-electron chi connectivity index (χ1n) is 4.79. The van der Waals surface area contributed by atoms with E-state index in [1.807, 2.05) is 6.92 Å². The van der Waals surface area contributed by atoms with Crippen LogP contribution in [0.2, 0.25) is 0 Å². The number of hydrogen-bond acceptors (Lipinski definition) is 4. The summed E-state index contributed by atoms with van der Waals surface area (Å²) in [6.45, 7) is 1.88. The third-order valence-electron chi connectivity index (χ3n) is 2.04. The first-order valence-corrected chi connectivity index (χ1v) is 7.15. The first kappa shape index (κ1) is 13.0. The van der Waals surface area contributed by atoms with E-state index in [9.17, 15) is 8.42 Å². The van der Waals surface area contributed by atoms with Crippen LogP contribution in [0.3, 0.4) is 0 Å². The van der Waals surface area contributed by atoms with Crippen LogP contribution in [0.15, 0.2) is 15.7 Å². The molecule has 0 fully saturated rings. The Kier molecular flexibility index (Phi) is 4.35. The van der Waals surface area contributed by atoms with E-state index < -0.39 is 10.0 Å². The van der Waals surface area contributed by atoms with Crippen molar-refractivity contribution >= 4 is 27.0 Å². The maximum Gasteiger partial charge on any atom is 0.250 e. The smallest absolute Gasteiger partial charge is 0.250 e. The Hall–Kier alpha value is -1.03. The molecule has 0 spiro atoms. The van der Waals surface area contributed by atoms with Gasteiger partial charge in [0.1, 0.15) is 4.21 Å². The quantitative estimate of drug-likeness (QED) is 0.784. The third kappa shape index (κ3) is 3.23. The van der Waals surface area contributed by atoms with Crippen molar-refractivity contribution in [3.63, 3.8) is 0 Å². The molecule has 4 nitrogen and oxygen atoms in total. The minimum absolute atomic E-state index is 0.223. The summed E-state index contributed by atoms with van der Waals surface area (Å²) < 4.78 is 26.5. The van der Waals surface area contributed by atoms with Crippen LogP contribution in [-0.2, 0) is 10.0 Å². The molecule has 1 atom stereocenters. The molecule has 3 N–H and O–H groups in total. The minimum atomic E-state index is -3.48. The molecule has 1 unspecified atom stereocenters. The molecule has 0 saturated heterocycles. The lowest BCUT2D eigenvalue weighted by Crippen LogP contribution is -2.33. The molecule has 0 amide bonds. The van der Waals surface area contributed by atoms with E-state index in [1.165, 1.54) is 6.07 Å². The number of anilines is 1. The number of rotatable bonds is 5. The molecule has 1 rings (SSSR count). The van der Waals surface area contributed by atoms with E-state index in [1.54, 1.807) is 5.38 Å². The predicted molar refractivity (Wildman–Crippen MR) is 66.6 cm³/mol. The fraction of sp³-hybridized carbons (Fsp3) is 0.400. The molecule has 0 radical (unpaired) electrons. The number of hydrogen-bond donors (Lipinski definition) is 2. The number of terminal acetylenes is 1. The molecular weight excluding hydrogens is 244 g/mol. The van der Waals surface area contributed by atoms with Crippen molar-refractivity contribution in [3.05, 3.63) is 11.4 Å². The lowest BCUT2D eigenvalue weighted by Gasteiger charge is -2.13. The van der Waals surface area contributed by atoms with E-state index in [2.05, 4.69) is 10.6 Å². The molecule has 16 heavy (non-hydrogen) atoms. The number of nitrogen functional groups attached to an aromatic ring is 1. The van der Waals surface area contributed by atoms with Gasteiger partial charge in [-0.1, -0.05) is 6.92 Å². The summed E-state index contributed by atoms with van der Waals surface area (Å²) in [4.78, 5) is 0. The Morgan fingerprint density at radius 1 is 1.69 bits per heavy atom. The van der Waals surface area contributed by atoms with Gasteiger partial charge in [0, 0.05) is 23.5 Å². The molecule has 1 aromatic heterocycles. The van der Waals surface area contributed by atoms with Crippen LogP contribution in [0.5, 0.6) is 0 Å².